The van der Waals surface area contributed by atoms with E-state index in [1.807, 2.05) is 25.1 Å². The minimum Gasteiger partial charge on any atom is -0.388 e. The Bertz CT molecular complexity index is 805. The summed E-state index contributed by atoms with van der Waals surface area (Å²) >= 11 is 0. The molecule has 24 heavy (non-hydrogen) atoms. The van der Waals surface area contributed by atoms with Crippen LogP contribution in [0.25, 0.3) is 10.9 Å². The van der Waals surface area contributed by atoms with E-state index < -0.39 is 11.5 Å². The number of pyridine rings is 1. The molecule has 0 bridgehead atoms. The van der Waals surface area contributed by atoms with Crippen LogP contribution in [-0.4, -0.2) is 45.5 Å². The van der Waals surface area contributed by atoms with Crippen molar-refractivity contribution in [1.29, 1.82) is 0 Å². The van der Waals surface area contributed by atoms with Gasteiger partial charge in [0.2, 0.25) is 5.91 Å². The lowest BCUT2D eigenvalue weighted by molar-refractivity contribution is -0.125. The smallest absolute Gasteiger partial charge is 0.253 e. The molecule has 1 saturated heterocycles. The first-order valence-electron chi connectivity index (χ1n) is 8.03. The van der Waals surface area contributed by atoms with Gasteiger partial charge in [-0.05, 0) is 49.6 Å². The van der Waals surface area contributed by atoms with Crippen molar-refractivity contribution in [3.05, 3.63) is 41.6 Å². The molecule has 3 N–H and O–H groups in total. The maximum atomic E-state index is 12.8. The number of nitrogens with two attached hydrogens (primary N) is 1. The van der Waals surface area contributed by atoms with E-state index in [4.69, 9.17) is 5.73 Å². The lowest BCUT2D eigenvalue weighted by Gasteiger charge is -2.38. The Hall–Kier alpha value is -2.47. The van der Waals surface area contributed by atoms with Gasteiger partial charge in [0.05, 0.1) is 24.1 Å². The second-order valence-corrected chi connectivity index (χ2v) is 6.56. The number of benzene rings is 1. The average molecular weight is 327 g/mol. The average Bonchev–Trinajstić information content (AvgIpc) is 2.53. The van der Waals surface area contributed by atoms with Gasteiger partial charge in [-0.1, -0.05) is 0 Å². The van der Waals surface area contributed by atoms with Gasteiger partial charge in [-0.25, -0.2) is 0 Å². The quantitative estimate of drug-likeness (QED) is 0.890. The topological polar surface area (TPSA) is 96.5 Å². The zero-order valence-corrected chi connectivity index (χ0v) is 13.7. The highest BCUT2D eigenvalue weighted by molar-refractivity contribution is 5.98. The summed E-state index contributed by atoms with van der Waals surface area (Å²) in [5.74, 6) is -0.707. The number of β-amino-alcohol motifs (C(OH)–C–C–N with tert-alkyl or cyclic N) is 1. The molecule has 0 aliphatic carbocycles. The molecule has 0 saturated carbocycles. The molecule has 1 aromatic heterocycles. The summed E-state index contributed by atoms with van der Waals surface area (Å²) in [4.78, 5) is 29.9. The van der Waals surface area contributed by atoms with Gasteiger partial charge in [0.15, 0.2) is 0 Å². The zero-order valence-electron chi connectivity index (χ0n) is 13.7. The Morgan fingerprint density at radius 1 is 1.38 bits per heavy atom. The van der Waals surface area contributed by atoms with E-state index in [0.717, 1.165) is 16.5 Å². The fourth-order valence-electron chi connectivity index (χ4n) is 3.35. The molecule has 1 unspecified atom stereocenters. The lowest BCUT2D eigenvalue weighted by atomic mass is 9.89. The first-order chi connectivity index (χ1) is 11.4. The van der Waals surface area contributed by atoms with E-state index in [0.29, 0.717) is 24.9 Å². The summed E-state index contributed by atoms with van der Waals surface area (Å²) in [6, 6.07) is 7.32. The summed E-state index contributed by atoms with van der Waals surface area (Å²) in [5, 5.41) is 11.5. The van der Waals surface area contributed by atoms with Crippen LogP contribution < -0.4 is 5.73 Å². The number of amides is 2. The lowest BCUT2D eigenvalue weighted by Crippen LogP contribution is -2.51. The van der Waals surface area contributed by atoms with E-state index in [1.54, 1.807) is 17.2 Å². The Morgan fingerprint density at radius 3 is 2.92 bits per heavy atom. The largest absolute Gasteiger partial charge is 0.388 e. The van der Waals surface area contributed by atoms with Crippen LogP contribution in [0, 0.1) is 6.92 Å². The predicted octanol–water partition coefficient (Wildman–Crippen LogP) is 1.39. The van der Waals surface area contributed by atoms with E-state index in [1.165, 1.54) is 0 Å². The van der Waals surface area contributed by atoms with Crippen molar-refractivity contribution in [3.63, 3.8) is 0 Å². The molecule has 1 aromatic carbocycles. The molecule has 1 aliphatic rings. The van der Waals surface area contributed by atoms with Gasteiger partial charge in [-0.3, -0.25) is 14.6 Å². The molecule has 2 amide bonds. The zero-order chi connectivity index (χ0) is 17.3. The van der Waals surface area contributed by atoms with Crippen LogP contribution in [0.1, 0.15) is 35.2 Å². The SMILES string of the molecule is Cc1ccnc2ccc(C(=O)N3CCCC(O)(CC(N)=O)C3)cc12. The molecular weight excluding hydrogens is 306 g/mol. The Balaban J connectivity index is 1.86. The van der Waals surface area contributed by atoms with Crippen molar-refractivity contribution in [3.8, 4) is 0 Å². The number of hydrogen-bond donors (Lipinski definition) is 2. The van der Waals surface area contributed by atoms with Crippen LogP contribution in [0.2, 0.25) is 0 Å². The Labute approximate surface area is 140 Å². The van der Waals surface area contributed by atoms with Gasteiger partial charge in [0, 0.05) is 23.7 Å². The molecule has 2 aromatic rings. The maximum Gasteiger partial charge on any atom is 0.253 e. The summed E-state index contributed by atoms with van der Waals surface area (Å²) in [5.41, 5.74) is 6.44. The van der Waals surface area contributed by atoms with E-state index in [2.05, 4.69) is 4.98 Å². The van der Waals surface area contributed by atoms with E-state index in [-0.39, 0.29) is 18.9 Å². The number of primary amides is 1. The second kappa shape index (κ2) is 6.20. The maximum absolute atomic E-state index is 12.8. The number of aryl methyl sites for hydroxylation is 1. The number of hydrogen-bond acceptors (Lipinski definition) is 4. The van der Waals surface area contributed by atoms with Gasteiger partial charge in [0.25, 0.3) is 5.91 Å². The third-order valence-corrected chi connectivity index (χ3v) is 4.55. The summed E-state index contributed by atoms with van der Waals surface area (Å²) in [7, 11) is 0. The molecule has 6 heteroatoms. The first-order valence-corrected chi connectivity index (χ1v) is 8.03. The van der Waals surface area contributed by atoms with Crippen LogP contribution >= 0.6 is 0 Å². The van der Waals surface area contributed by atoms with Crippen molar-refractivity contribution >= 4 is 22.7 Å². The van der Waals surface area contributed by atoms with Gasteiger partial charge < -0.3 is 15.7 Å². The van der Waals surface area contributed by atoms with Crippen LogP contribution in [0.3, 0.4) is 0 Å². The van der Waals surface area contributed by atoms with Crippen LogP contribution in [0.5, 0.6) is 0 Å². The normalized spacial score (nSPS) is 21.0. The fraction of sp³-hybridized carbons (Fsp3) is 0.389. The first kappa shape index (κ1) is 16.4. The Morgan fingerprint density at radius 2 is 2.17 bits per heavy atom. The van der Waals surface area contributed by atoms with Gasteiger partial charge >= 0.3 is 0 Å². The number of carbonyl (C=O) groups excluding carboxylic acids is 2. The molecule has 1 atom stereocenters. The standard InChI is InChI=1S/C18H21N3O3/c1-12-5-7-20-15-4-3-13(9-14(12)15)17(23)21-8-2-6-18(24,11-21)10-16(19)22/h3-5,7,9,24H,2,6,8,10-11H2,1H3,(H2,19,22). The molecule has 126 valence electrons. The number of likely N-dealkylation sites (tertiary alicyclic amines) is 1. The number of piperidine rings is 1. The van der Waals surface area contributed by atoms with Crippen LogP contribution in [0.15, 0.2) is 30.5 Å². The second-order valence-electron chi connectivity index (χ2n) is 6.56. The summed E-state index contributed by atoms with van der Waals surface area (Å²) < 4.78 is 0. The Kier molecular flexibility index (Phi) is 4.24. The molecule has 3 rings (SSSR count). The number of fused-ring (bicyclic) bond motifs is 1. The van der Waals surface area contributed by atoms with Crippen molar-refractivity contribution in [2.45, 2.75) is 31.8 Å². The van der Waals surface area contributed by atoms with Gasteiger partial charge in [-0.15, -0.1) is 0 Å². The van der Waals surface area contributed by atoms with Gasteiger partial charge in [0.1, 0.15) is 0 Å². The minimum atomic E-state index is -1.23. The molecule has 6 nitrogen and oxygen atoms in total. The summed E-state index contributed by atoms with van der Waals surface area (Å²) in [6.07, 6.45) is 2.73. The van der Waals surface area contributed by atoms with Crippen LogP contribution in [-0.2, 0) is 4.79 Å². The molecular formula is C18H21N3O3. The van der Waals surface area contributed by atoms with Crippen molar-refractivity contribution in [2.75, 3.05) is 13.1 Å². The highest BCUT2D eigenvalue weighted by atomic mass is 16.3. The number of carbonyl (C=O) groups is 2. The molecule has 1 aliphatic heterocycles. The molecule has 0 radical (unpaired) electrons. The van der Waals surface area contributed by atoms with E-state index in [9.17, 15) is 14.7 Å². The number of nitrogens with zero attached hydrogens (tertiary/aromatic N) is 2. The highest BCUT2D eigenvalue weighted by Gasteiger charge is 2.36. The minimum absolute atomic E-state index is 0.124. The number of aliphatic hydroxyl groups is 1. The van der Waals surface area contributed by atoms with Crippen molar-refractivity contribution in [2.24, 2.45) is 5.73 Å². The molecule has 1 fully saturated rings. The number of aromatic nitrogens is 1. The predicted molar refractivity (Wildman–Crippen MR) is 90.4 cm³/mol. The third-order valence-electron chi connectivity index (χ3n) is 4.55. The molecule has 2 heterocycles. The monoisotopic (exact) mass is 327 g/mol. The van der Waals surface area contributed by atoms with Gasteiger partial charge in [-0.2, -0.15) is 0 Å². The molecule has 0 spiro atoms. The number of rotatable bonds is 3. The fourth-order valence-corrected chi connectivity index (χ4v) is 3.35. The highest BCUT2D eigenvalue weighted by Crippen LogP contribution is 2.26. The third kappa shape index (κ3) is 3.23. The van der Waals surface area contributed by atoms with Crippen LogP contribution in [0.4, 0.5) is 0 Å². The summed E-state index contributed by atoms with van der Waals surface area (Å²) in [6.45, 7) is 2.66. The van der Waals surface area contributed by atoms with Crippen molar-refractivity contribution < 1.29 is 14.7 Å². The van der Waals surface area contributed by atoms with E-state index >= 15 is 0 Å². The van der Waals surface area contributed by atoms with Crippen molar-refractivity contribution in [1.82, 2.24) is 9.88 Å².